The Hall–Kier alpha value is -2.11. The van der Waals surface area contributed by atoms with Crippen LogP contribution in [0.4, 0.5) is 8.78 Å². The van der Waals surface area contributed by atoms with E-state index in [1.54, 1.807) is 25.1 Å². The summed E-state index contributed by atoms with van der Waals surface area (Å²) in [5, 5.41) is 2.80. The van der Waals surface area contributed by atoms with Crippen molar-refractivity contribution in [3.63, 3.8) is 0 Å². The fourth-order valence-electron chi connectivity index (χ4n) is 1.65. The minimum Gasteiger partial charge on any atom is -0.490 e. The molecule has 0 aliphatic rings. The highest BCUT2D eigenvalue weighted by molar-refractivity contribution is 5.91. The van der Waals surface area contributed by atoms with Crippen LogP contribution in [0.5, 0.6) is 11.5 Å². The molecular weight excluding hydrogens is 292 g/mol. The predicted octanol–water partition coefficient (Wildman–Crippen LogP) is 3.61. The molecule has 1 aromatic rings. The lowest BCUT2D eigenvalue weighted by Gasteiger charge is -2.12. The normalized spacial score (nSPS) is 12.5. The number of carbonyl (C=O) groups excluding carboxylic acids is 1. The van der Waals surface area contributed by atoms with Crippen molar-refractivity contribution >= 4 is 12.0 Å². The molecule has 0 bridgehead atoms. The SMILES string of the molecule is CCOc1cc(/C=C/C(=O)NC(C)CC)ccc1OC(F)F. The standard InChI is InChI=1S/C16H21F2NO3/c1-4-11(3)19-15(20)9-7-12-6-8-13(22-16(17)18)14(10-12)21-5-2/h6-11,16H,4-5H2,1-3H3,(H,19,20)/b9-7+. The molecule has 4 nitrogen and oxygen atoms in total. The van der Waals surface area contributed by atoms with Gasteiger partial charge in [0.25, 0.3) is 0 Å². The topological polar surface area (TPSA) is 47.6 Å². The fourth-order valence-corrected chi connectivity index (χ4v) is 1.65. The zero-order valence-electron chi connectivity index (χ0n) is 12.9. The summed E-state index contributed by atoms with van der Waals surface area (Å²) < 4.78 is 34.3. The molecule has 6 heteroatoms. The van der Waals surface area contributed by atoms with Crippen LogP contribution in [0.25, 0.3) is 6.08 Å². The third kappa shape index (κ3) is 6.11. The van der Waals surface area contributed by atoms with E-state index in [0.717, 1.165) is 6.42 Å². The van der Waals surface area contributed by atoms with Gasteiger partial charge in [0.2, 0.25) is 5.91 Å². The van der Waals surface area contributed by atoms with Gasteiger partial charge in [0, 0.05) is 12.1 Å². The maximum atomic E-state index is 12.3. The molecule has 0 saturated carbocycles. The molecule has 0 aromatic heterocycles. The van der Waals surface area contributed by atoms with Crippen molar-refractivity contribution in [1.29, 1.82) is 0 Å². The van der Waals surface area contributed by atoms with Crippen LogP contribution in [-0.4, -0.2) is 25.2 Å². The van der Waals surface area contributed by atoms with E-state index in [4.69, 9.17) is 4.74 Å². The van der Waals surface area contributed by atoms with Crippen LogP contribution in [0, 0.1) is 0 Å². The van der Waals surface area contributed by atoms with Crippen LogP contribution in [0.15, 0.2) is 24.3 Å². The highest BCUT2D eigenvalue weighted by Crippen LogP contribution is 2.30. The largest absolute Gasteiger partial charge is 0.490 e. The highest BCUT2D eigenvalue weighted by atomic mass is 19.3. The van der Waals surface area contributed by atoms with Gasteiger partial charge in [-0.1, -0.05) is 13.0 Å². The lowest BCUT2D eigenvalue weighted by atomic mass is 10.2. The van der Waals surface area contributed by atoms with Crippen molar-refractivity contribution in [2.45, 2.75) is 39.8 Å². The summed E-state index contributed by atoms with van der Waals surface area (Å²) in [6, 6.07) is 4.61. The van der Waals surface area contributed by atoms with Crippen LogP contribution in [-0.2, 0) is 4.79 Å². The van der Waals surface area contributed by atoms with Gasteiger partial charge in [0.15, 0.2) is 11.5 Å². The molecule has 0 fully saturated rings. The Labute approximate surface area is 129 Å². The molecule has 22 heavy (non-hydrogen) atoms. The van der Waals surface area contributed by atoms with Gasteiger partial charge < -0.3 is 14.8 Å². The number of hydrogen-bond donors (Lipinski definition) is 1. The van der Waals surface area contributed by atoms with Gasteiger partial charge in [0.1, 0.15) is 0 Å². The Morgan fingerprint density at radius 1 is 1.32 bits per heavy atom. The Morgan fingerprint density at radius 3 is 2.64 bits per heavy atom. The first-order chi connectivity index (χ1) is 10.5. The summed E-state index contributed by atoms with van der Waals surface area (Å²) in [6.07, 6.45) is 3.82. The van der Waals surface area contributed by atoms with Crippen molar-refractivity contribution < 1.29 is 23.0 Å². The molecule has 1 rings (SSSR count). The van der Waals surface area contributed by atoms with Gasteiger partial charge in [-0.2, -0.15) is 8.78 Å². The van der Waals surface area contributed by atoms with E-state index < -0.39 is 6.61 Å². The van der Waals surface area contributed by atoms with Crippen LogP contribution >= 0.6 is 0 Å². The van der Waals surface area contributed by atoms with Crippen LogP contribution in [0.1, 0.15) is 32.8 Å². The first kappa shape index (κ1) is 17.9. The molecular formula is C16H21F2NO3. The van der Waals surface area contributed by atoms with Crippen molar-refractivity contribution in [3.8, 4) is 11.5 Å². The monoisotopic (exact) mass is 313 g/mol. The van der Waals surface area contributed by atoms with Gasteiger partial charge in [0.05, 0.1) is 6.61 Å². The Morgan fingerprint density at radius 2 is 2.05 bits per heavy atom. The zero-order valence-corrected chi connectivity index (χ0v) is 12.9. The van der Waals surface area contributed by atoms with Gasteiger partial charge in [-0.05, 0) is 44.0 Å². The number of halogens is 2. The number of nitrogens with one attached hydrogen (secondary N) is 1. The number of rotatable bonds is 8. The first-order valence-electron chi connectivity index (χ1n) is 7.16. The molecule has 0 radical (unpaired) electrons. The van der Waals surface area contributed by atoms with E-state index >= 15 is 0 Å². The second-order valence-electron chi connectivity index (χ2n) is 4.67. The maximum absolute atomic E-state index is 12.3. The molecule has 0 spiro atoms. The van der Waals surface area contributed by atoms with E-state index in [1.165, 1.54) is 12.1 Å². The third-order valence-electron chi connectivity index (χ3n) is 2.91. The van der Waals surface area contributed by atoms with E-state index in [2.05, 4.69) is 10.1 Å². The maximum Gasteiger partial charge on any atom is 0.387 e. The molecule has 1 aromatic carbocycles. The molecule has 122 valence electrons. The minimum atomic E-state index is -2.91. The quantitative estimate of drug-likeness (QED) is 0.746. The van der Waals surface area contributed by atoms with Gasteiger partial charge in [-0.15, -0.1) is 0 Å². The highest BCUT2D eigenvalue weighted by Gasteiger charge is 2.11. The van der Waals surface area contributed by atoms with E-state index in [9.17, 15) is 13.6 Å². The summed E-state index contributed by atoms with van der Waals surface area (Å²) in [6.45, 7) is 3.04. The van der Waals surface area contributed by atoms with Crippen molar-refractivity contribution in [2.24, 2.45) is 0 Å². The average molecular weight is 313 g/mol. The fraction of sp³-hybridized carbons (Fsp3) is 0.438. The van der Waals surface area contributed by atoms with Crippen LogP contribution in [0.2, 0.25) is 0 Å². The minimum absolute atomic E-state index is 0.0296. The van der Waals surface area contributed by atoms with Crippen molar-refractivity contribution in [2.75, 3.05) is 6.61 Å². The molecule has 0 aliphatic carbocycles. The van der Waals surface area contributed by atoms with Crippen molar-refractivity contribution in [1.82, 2.24) is 5.32 Å². The summed E-state index contributed by atoms with van der Waals surface area (Å²) in [5.41, 5.74) is 0.657. The smallest absolute Gasteiger partial charge is 0.387 e. The molecule has 1 unspecified atom stereocenters. The first-order valence-corrected chi connectivity index (χ1v) is 7.16. The molecule has 1 N–H and O–H groups in total. The number of carbonyl (C=O) groups is 1. The number of hydrogen-bond acceptors (Lipinski definition) is 3. The van der Waals surface area contributed by atoms with E-state index in [-0.39, 0.29) is 23.4 Å². The van der Waals surface area contributed by atoms with Gasteiger partial charge >= 0.3 is 6.61 Å². The summed E-state index contributed by atoms with van der Waals surface area (Å²) >= 11 is 0. The molecule has 1 amide bonds. The third-order valence-corrected chi connectivity index (χ3v) is 2.91. The van der Waals surface area contributed by atoms with E-state index in [1.807, 2.05) is 13.8 Å². The second kappa shape index (κ2) is 9.02. The molecule has 1 atom stereocenters. The van der Waals surface area contributed by atoms with Crippen LogP contribution < -0.4 is 14.8 Å². The Bertz CT molecular complexity index is 518. The van der Waals surface area contributed by atoms with Gasteiger partial charge in [-0.3, -0.25) is 4.79 Å². The molecule has 0 heterocycles. The number of amides is 1. The zero-order chi connectivity index (χ0) is 16.5. The number of alkyl halides is 2. The summed E-state index contributed by atoms with van der Waals surface area (Å²) in [7, 11) is 0. The van der Waals surface area contributed by atoms with E-state index in [0.29, 0.717) is 12.2 Å². The summed E-state index contributed by atoms with van der Waals surface area (Å²) in [4.78, 5) is 11.7. The van der Waals surface area contributed by atoms with Crippen LogP contribution in [0.3, 0.4) is 0 Å². The number of ether oxygens (including phenoxy) is 2. The van der Waals surface area contributed by atoms with Gasteiger partial charge in [-0.25, -0.2) is 0 Å². The molecule has 0 saturated heterocycles. The molecule has 0 aliphatic heterocycles. The Kier molecular flexibility index (Phi) is 7.36. The lowest BCUT2D eigenvalue weighted by Crippen LogP contribution is -2.30. The second-order valence-corrected chi connectivity index (χ2v) is 4.67. The van der Waals surface area contributed by atoms with Crippen molar-refractivity contribution in [3.05, 3.63) is 29.8 Å². The Balaban J connectivity index is 2.83. The predicted molar refractivity (Wildman–Crippen MR) is 81.2 cm³/mol. The average Bonchev–Trinajstić information content (AvgIpc) is 2.47. The lowest BCUT2D eigenvalue weighted by molar-refractivity contribution is -0.117. The summed E-state index contributed by atoms with van der Waals surface area (Å²) in [5.74, 6) is -0.0226. The number of benzene rings is 1.